The molecule has 28 heavy (non-hydrogen) atoms. The van der Waals surface area contributed by atoms with Crippen LogP contribution in [0.4, 0.5) is 5.69 Å². The molecule has 3 rings (SSSR count). The van der Waals surface area contributed by atoms with Crippen molar-refractivity contribution in [2.45, 2.75) is 12.5 Å². The lowest BCUT2D eigenvalue weighted by Crippen LogP contribution is -2.34. The molecule has 0 radical (unpaired) electrons. The molecule has 1 N–H and O–H groups in total. The minimum atomic E-state index is -3.61. The van der Waals surface area contributed by atoms with E-state index in [1.807, 2.05) is 49.3 Å². The Hall–Kier alpha value is -2.71. The maximum absolute atomic E-state index is 12.5. The van der Waals surface area contributed by atoms with Gasteiger partial charge >= 0.3 is 0 Å². The topological polar surface area (TPSA) is 86.8 Å². The molecule has 2 aromatic rings. The van der Waals surface area contributed by atoms with Crippen LogP contribution >= 0.6 is 0 Å². The molecule has 1 aliphatic rings. The highest BCUT2D eigenvalue weighted by Crippen LogP contribution is 2.25. The number of hydrogen-bond donors (Lipinski definition) is 1. The van der Waals surface area contributed by atoms with Gasteiger partial charge in [-0.3, -0.25) is 9.59 Å². The zero-order valence-electron chi connectivity index (χ0n) is 15.8. The summed E-state index contributed by atoms with van der Waals surface area (Å²) in [6, 6.07) is 15.9. The molecule has 1 heterocycles. The minimum Gasteiger partial charge on any atom is -0.350 e. The Morgan fingerprint density at radius 3 is 2.29 bits per heavy atom. The average molecular weight is 401 g/mol. The molecule has 1 fully saturated rings. The predicted octanol–water partition coefficient (Wildman–Crippen LogP) is 1.79. The molecule has 1 atom stereocenters. The molecule has 0 saturated carbocycles. The smallest absolute Gasteiger partial charge is 0.251 e. The third-order valence-electron chi connectivity index (χ3n) is 4.71. The number of amides is 2. The summed E-state index contributed by atoms with van der Waals surface area (Å²) in [6.07, 6.45) is -0.0179. The Kier molecular flexibility index (Phi) is 5.81. The summed E-state index contributed by atoms with van der Waals surface area (Å²) in [5, 5.41) is 2.91. The van der Waals surface area contributed by atoms with E-state index in [-0.39, 0.29) is 29.8 Å². The first-order valence-electron chi connectivity index (χ1n) is 8.95. The van der Waals surface area contributed by atoms with Gasteiger partial charge in [0, 0.05) is 18.5 Å². The van der Waals surface area contributed by atoms with Gasteiger partial charge in [-0.25, -0.2) is 12.7 Å². The fourth-order valence-corrected chi connectivity index (χ4v) is 4.64. The fourth-order valence-electron chi connectivity index (χ4n) is 3.18. The largest absolute Gasteiger partial charge is 0.350 e. The van der Waals surface area contributed by atoms with Crippen LogP contribution in [-0.2, 0) is 14.8 Å². The molecule has 1 saturated heterocycles. The van der Waals surface area contributed by atoms with Crippen LogP contribution in [-0.4, -0.2) is 51.5 Å². The normalized spacial score (nSPS) is 17.0. The number of rotatable bonds is 6. The van der Waals surface area contributed by atoms with E-state index >= 15 is 0 Å². The molecular weight excluding hydrogens is 378 g/mol. The van der Waals surface area contributed by atoms with Gasteiger partial charge in [-0.1, -0.05) is 30.3 Å². The monoisotopic (exact) mass is 401 g/mol. The Morgan fingerprint density at radius 2 is 1.75 bits per heavy atom. The van der Waals surface area contributed by atoms with E-state index in [4.69, 9.17) is 0 Å². The van der Waals surface area contributed by atoms with Crippen LogP contribution in [0.5, 0.6) is 0 Å². The van der Waals surface area contributed by atoms with E-state index < -0.39 is 15.9 Å². The summed E-state index contributed by atoms with van der Waals surface area (Å²) in [5.41, 5.74) is 1.76. The lowest BCUT2D eigenvalue weighted by Gasteiger charge is -2.25. The van der Waals surface area contributed by atoms with E-state index in [1.165, 1.54) is 24.3 Å². The molecule has 7 nitrogen and oxygen atoms in total. The van der Waals surface area contributed by atoms with E-state index in [0.29, 0.717) is 12.1 Å². The number of carbonyl (C=O) groups excluding carboxylic acids is 2. The lowest BCUT2D eigenvalue weighted by atomic mass is 10.1. The Labute approximate surface area is 165 Å². The van der Waals surface area contributed by atoms with Gasteiger partial charge < -0.3 is 10.2 Å². The number of benzene rings is 2. The molecular formula is C20H23N3O4S. The SMILES string of the molecule is CN(C)[C@H](CNC(=O)c1ccc(N2C(=O)CCS2(=O)=O)cc1)c1ccccc1. The van der Waals surface area contributed by atoms with E-state index in [9.17, 15) is 18.0 Å². The quantitative estimate of drug-likeness (QED) is 0.797. The lowest BCUT2D eigenvalue weighted by molar-refractivity contribution is -0.116. The second-order valence-corrected chi connectivity index (χ2v) is 8.81. The van der Waals surface area contributed by atoms with Crippen molar-refractivity contribution >= 4 is 27.5 Å². The fraction of sp³-hybridized carbons (Fsp3) is 0.300. The molecule has 0 aromatic heterocycles. The number of anilines is 1. The zero-order valence-corrected chi connectivity index (χ0v) is 16.6. The van der Waals surface area contributed by atoms with Crippen molar-refractivity contribution in [3.8, 4) is 0 Å². The number of hydrogen-bond acceptors (Lipinski definition) is 5. The standard InChI is InChI=1S/C20H23N3O4S/c1-22(2)18(15-6-4-3-5-7-15)14-21-20(25)16-8-10-17(11-9-16)23-19(24)12-13-28(23,26)27/h3-11,18H,12-14H2,1-2H3,(H,21,25)/t18-/m1/s1. The summed E-state index contributed by atoms with van der Waals surface area (Å²) in [5.74, 6) is -0.890. The predicted molar refractivity (Wildman–Crippen MR) is 108 cm³/mol. The Morgan fingerprint density at radius 1 is 1.11 bits per heavy atom. The van der Waals surface area contributed by atoms with Crippen molar-refractivity contribution in [2.24, 2.45) is 0 Å². The second kappa shape index (κ2) is 8.12. The Bertz CT molecular complexity index is 957. The third-order valence-corrected chi connectivity index (χ3v) is 6.40. The van der Waals surface area contributed by atoms with Crippen molar-refractivity contribution in [1.29, 1.82) is 0 Å². The van der Waals surface area contributed by atoms with Crippen LogP contribution in [0.2, 0.25) is 0 Å². The number of sulfonamides is 1. The van der Waals surface area contributed by atoms with Gasteiger partial charge in [-0.15, -0.1) is 0 Å². The molecule has 2 aromatic carbocycles. The first-order chi connectivity index (χ1) is 13.3. The zero-order chi connectivity index (χ0) is 20.3. The number of likely N-dealkylation sites (N-methyl/N-ethyl adjacent to an activating group) is 1. The highest BCUT2D eigenvalue weighted by atomic mass is 32.2. The molecule has 0 aliphatic carbocycles. The Balaban J connectivity index is 1.69. The summed E-state index contributed by atoms with van der Waals surface area (Å²) in [6.45, 7) is 0.427. The second-order valence-electron chi connectivity index (χ2n) is 6.87. The van der Waals surface area contributed by atoms with Crippen LogP contribution in [0, 0.1) is 0 Å². The molecule has 8 heteroatoms. The minimum absolute atomic E-state index is 0.0179. The first kappa shape index (κ1) is 20.0. The van der Waals surface area contributed by atoms with Crippen LogP contribution in [0.25, 0.3) is 0 Å². The number of nitrogens with zero attached hydrogens (tertiary/aromatic N) is 2. The van der Waals surface area contributed by atoms with Gasteiger partial charge in [-0.05, 0) is 43.9 Å². The van der Waals surface area contributed by atoms with Crippen LogP contribution in [0.3, 0.4) is 0 Å². The van der Waals surface area contributed by atoms with Crippen molar-refractivity contribution in [3.63, 3.8) is 0 Å². The number of carbonyl (C=O) groups is 2. The van der Waals surface area contributed by atoms with Gasteiger partial charge in [0.05, 0.1) is 17.5 Å². The molecule has 0 spiro atoms. The van der Waals surface area contributed by atoms with Crippen LogP contribution in [0.1, 0.15) is 28.4 Å². The van der Waals surface area contributed by atoms with Gasteiger partial charge in [0.1, 0.15) is 0 Å². The van der Waals surface area contributed by atoms with Gasteiger partial charge in [-0.2, -0.15) is 0 Å². The maximum atomic E-state index is 12.5. The molecule has 1 aliphatic heterocycles. The van der Waals surface area contributed by atoms with Gasteiger partial charge in [0.25, 0.3) is 5.91 Å². The van der Waals surface area contributed by atoms with Crippen molar-refractivity contribution in [2.75, 3.05) is 30.7 Å². The maximum Gasteiger partial charge on any atom is 0.251 e. The summed E-state index contributed by atoms with van der Waals surface area (Å²) in [4.78, 5) is 26.4. The molecule has 148 valence electrons. The average Bonchev–Trinajstić information content (AvgIpc) is 2.95. The summed E-state index contributed by atoms with van der Waals surface area (Å²) < 4.78 is 24.8. The van der Waals surface area contributed by atoms with E-state index in [1.54, 1.807) is 0 Å². The van der Waals surface area contributed by atoms with E-state index in [2.05, 4.69) is 5.32 Å². The van der Waals surface area contributed by atoms with Crippen LogP contribution < -0.4 is 9.62 Å². The first-order valence-corrected chi connectivity index (χ1v) is 10.6. The molecule has 0 unspecified atom stereocenters. The molecule has 2 amide bonds. The van der Waals surface area contributed by atoms with Crippen molar-refractivity contribution in [1.82, 2.24) is 10.2 Å². The van der Waals surface area contributed by atoms with Gasteiger partial charge in [0.15, 0.2) is 0 Å². The van der Waals surface area contributed by atoms with Gasteiger partial charge in [0.2, 0.25) is 15.9 Å². The highest BCUT2D eigenvalue weighted by molar-refractivity contribution is 7.94. The molecule has 0 bridgehead atoms. The van der Waals surface area contributed by atoms with Crippen LogP contribution in [0.15, 0.2) is 54.6 Å². The summed E-state index contributed by atoms with van der Waals surface area (Å²) in [7, 11) is 0.295. The van der Waals surface area contributed by atoms with Crippen molar-refractivity contribution in [3.05, 3.63) is 65.7 Å². The third kappa shape index (κ3) is 4.23. The number of nitrogens with one attached hydrogen (secondary N) is 1. The summed E-state index contributed by atoms with van der Waals surface area (Å²) >= 11 is 0. The highest BCUT2D eigenvalue weighted by Gasteiger charge is 2.36. The van der Waals surface area contributed by atoms with E-state index in [0.717, 1.165) is 9.87 Å². The van der Waals surface area contributed by atoms with Crippen molar-refractivity contribution < 1.29 is 18.0 Å².